The molecule has 0 atom stereocenters. The molecule has 0 saturated carbocycles. The average molecular weight is 407 g/mol. The Kier molecular flexibility index (Phi) is 6.82. The minimum Gasteiger partial charge on any atom is -0.493 e. The van der Waals surface area contributed by atoms with Crippen LogP contribution < -0.4 is 20.1 Å². The van der Waals surface area contributed by atoms with Crippen LogP contribution in [0.1, 0.15) is 5.56 Å². The van der Waals surface area contributed by atoms with E-state index in [2.05, 4.69) is 26.6 Å². The van der Waals surface area contributed by atoms with E-state index in [9.17, 15) is 9.59 Å². The number of ether oxygens (including phenoxy) is 2. The van der Waals surface area contributed by atoms with Gasteiger partial charge in [-0.15, -0.1) is 0 Å². The standard InChI is InChI=1S/C18H19BrN2O4/c1-24-15-7-6-12(10-16(15)25-2)8-9-20-17(22)18(23)21-14-5-3-4-13(19)11-14/h3-7,10-11H,8-9H2,1-2H3,(H,20,22)(H,21,23). The predicted octanol–water partition coefficient (Wildman–Crippen LogP) is 2.76. The summed E-state index contributed by atoms with van der Waals surface area (Å²) in [6.07, 6.45) is 0.566. The summed E-state index contributed by atoms with van der Waals surface area (Å²) in [5, 5.41) is 5.14. The lowest BCUT2D eigenvalue weighted by molar-refractivity contribution is -0.136. The van der Waals surface area contributed by atoms with E-state index >= 15 is 0 Å². The molecule has 0 aromatic heterocycles. The van der Waals surface area contributed by atoms with Gasteiger partial charge in [0.15, 0.2) is 11.5 Å². The van der Waals surface area contributed by atoms with Crippen LogP contribution in [0.4, 0.5) is 5.69 Å². The number of amides is 2. The second kappa shape index (κ2) is 9.08. The smallest absolute Gasteiger partial charge is 0.313 e. The first-order valence-corrected chi connectivity index (χ1v) is 8.38. The minimum atomic E-state index is -0.703. The highest BCUT2D eigenvalue weighted by molar-refractivity contribution is 9.10. The Hall–Kier alpha value is -2.54. The maximum Gasteiger partial charge on any atom is 0.313 e. The molecular formula is C18H19BrN2O4. The zero-order chi connectivity index (χ0) is 18.2. The Morgan fingerprint density at radius 3 is 2.44 bits per heavy atom. The van der Waals surface area contributed by atoms with Crippen molar-refractivity contribution in [2.45, 2.75) is 6.42 Å². The molecule has 0 aliphatic heterocycles. The number of carbonyl (C=O) groups excluding carboxylic acids is 2. The van der Waals surface area contributed by atoms with E-state index in [4.69, 9.17) is 9.47 Å². The second-order valence-corrected chi connectivity index (χ2v) is 6.08. The Bertz CT molecular complexity index is 764. The van der Waals surface area contributed by atoms with Gasteiger partial charge in [-0.25, -0.2) is 0 Å². The molecule has 2 aromatic carbocycles. The fourth-order valence-corrected chi connectivity index (χ4v) is 2.59. The number of hydrogen-bond donors (Lipinski definition) is 2. The molecule has 2 rings (SSSR count). The van der Waals surface area contributed by atoms with Gasteiger partial charge in [0, 0.05) is 16.7 Å². The maximum atomic E-state index is 11.9. The van der Waals surface area contributed by atoms with Crippen LogP contribution in [0.2, 0.25) is 0 Å². The van der Waals surface area contributed by atoms with Crippen LogP contribution in [-0.4, -0.2) is 32.6 Å². The van der Waals surface area contributed by atoms with Crippen LogP contribution in [0.3, 0.4) is 0 Å². The third-order valence-electron chi connectivity index (χ3n) is 3.44. The fraction of sp³-hybridized carbons (Fsp3) is 0.222. The van der Waals surface area contributed by atoms with E-state index in [1.807, 2.05) is 18.2 Å². The van der Waals surface area contributed by atoms with Gasteiger partial charge in [0.2, 0.25) is 0 Å². The molecule has 132 valence electrons. The van der Waals surface area contributed by atoms with Gasteiger partial charge < -0.3 is 20.1 Å². The van der Waals surface area contributed by atoms with Gasteiger partial charge >= 0.3 is 11.8 Å². The van der Waals surface area contributed by atoms with E-state index < -0.39 is 11.8 Å². The third kappa shape index (κ3) is 5.49. The maximum absolute atomic E-state index is 11.9. The van der Waals surface area contributed by atoms with Crippen molar-refractivity contribution in [1.29, 1.82) is 0 Å². The van der Waals surface area contributed by atoms with Gasteiger partial charge in [0.05, 0.1) is 14.2 Å². The molecule has 0 aliphatic carbocycles. The van der Waals surface area contributed by atoms with Crippen molar-refractivity contribution in [2.24, 2.45) is 0 Å². The highest BCUT2D eigenvalue weighted by Crippen LogP contribution is 2.27. The average Bonchev–Trinajstić information content (AvgIpc) is 2.61. The van der Waals surface area contributed by atoms with E-state index in [1.165, 1.54) is 0 Å². The third-order valence-corrected chi connectivity index (χ3v) is 3.93. The summed E-state index contributed by atoms with van der Waals surface area (Å²) in [5.74, 6) is -0.117. The molecule has 0 bridgehead atoms. The molecule has 7 heteroatoms. The van der Waals surface area contributed by atoms with Gasteiger partial charge in [-0.2, -0.15) is 0 Å². The summed E-state index contributed by atoms with van der Waals surface area (Å²) in [6, 6.07) is 12.6. The number of hydrogen-bond acceptors (Lipinski definition) is 4. The molecule has 0 spiro atoms. The molecule has 0 fully saturated rings. The van der Waals surface area contributed by atoms with E-state index in [0.717, 1.165) is 10.0 Å². The molecule has 0 unspecified atom stereocenters. The first-order valence-electron chi connectivity index (χ1n) is 7.59. The first kappa shape index (κ1) is 18.8. The number of methoxy groups -OCH3 is 2. The normalized spacial score (nSPS) is 10.0. The van der Waals surface area contributed by atoms with Crippen molar-refractivity contribution < 1.29 is 19.1 Å². The summed E-state index contributed by atoms with van der Waals surface area (Å²) in [4.78, 5) is 23.7. The van der Waals surface area contributed by atoms with Crippen LogP contribution in [0.25, 0.3) is 0 Å². The van der Waals surface area contributed by atoms with Gasteiger partial charge in [0.1, 0.15) is 0 Å². The quantitative estimate of drug-likeness (QED) is 0.723. The monoisotopic (exact) mass is 406 g/mol. The number of rotatable bonds is 6. The molecule has 2 aromatic rings. The number of nitrogens with one attached hydrogen (secondary N) is 2. The summed E-state index contributed by atoms with van der Waals surface area (Å²) < 4.78 is 11.2. The molecule has 0 radical (unpaired) electrons. The molecular weight excluding hydrogens is 388 g/mol. The zero-order valence-electron chi connectivity index (χ0n) is 14.0. The number of benzene rings is 2. The van der Waals surface area contributed by atoms with E-state index in [1.54, 1.807) is 38.5 Å². The Balaban J connectivity index is 1.84. The molecule has 2 N–H and O–H groups in total. The summed E-state index contributed by atoms with van der Waals surface area (Å²) in [6.45, 7) is 0.334. The van der Waals surface area contributed by atoms with Crippen LogP contribution in [0, 0.1) is 0 Å². The molecule has 2 amide bonds. The fourth-order valence-electron chi connectivity index (χ4n) is 2.19. The highest BCUT2D eigenvalue weighted by atomic mass is 79.9. The number of anilines is 1. The highest BCUT2D eigenvalue weighted by Gasteiger charge is 2.13. The van der Waals surface area contributed by atoms with Crippen molar-refractivity contribution in [3.05, 3.63) is 52.5 Å². The SMILES string of the molecule is COc1ccc(CCNC(=O)C(=O)Nc2cccc(Br)c2)cc1OC. The lowest BCUT2D eigenvalue weighted by Crippen LogP contribution is -2.36. The van der Waals surface area contributed by atoms with Crippen molar-refractivity contribution in [2.75, 3.05) is 26.1 Å². The lowest BCUT2D eigenvalue weighted by atomic mass is 10.1. The Labute approximate surface area is 154 Å². The van der Waals surface area contributed by atoms with Gasteiger partial charge in [-0.1, -0.05) is 28.1 Å². The Morgan fingerprint density at radius 1 is 1.00 bits per heavy atom. The van der Waals surface area contributed by atoms with Gasteiger partial charge in [0.25, 0.3) is 0 Å². The number of halogens is 1. The van der Waals surface area contributed by atoms with Crippen molar-refractivity contribution in [1.82, 2.24) is 5.32 Å². The minimum absolute atomic E-state index is 0.334. The zero-order valence-corrected chi connectivity index (χ0v) is 15.6. The van der Waals surface area contributed by atoms with Crippen LogP contribution in [-0.2, 0) is 16.0 Å². The van der Waals surface area contributed by atoms with Crippen molar-refractivity contribution in [3.8, 4) is 11.5 Å². The van der Waals surface area contributed by atoms with Crippen LogP contribution >= 0.6 is 15.9 Å². The van der Waals surface area contributed by atoms with Crippen molar-refractivity contribution in [3.63, 3.8) is 0 Å². The summed E-state index contributed by atoms with van der Waals surface area (Å²) in [7, 11) is 3.14. The molecule has 0 saturated heterocycles. The number of carbonyl (C=O) groups is 2. The second-order valence-electron chi connectivity index (χ2n) is 5.16. The van der Waals surface area contributed by atoms with E-state index in [0.29, 0.717) is 30.2 Å². The topological polar surface area (TPSA) is 76.7 Å². The lowest BCUT2D eigenvalue weighted by Gasteiger charge is -2.10. The molecule has 25 heavy (non-hydrogen) atoms. The predicted molar refractivity (Wildman–Crippen MR) is 99.0 cm³/mol. The van der Waals surface area contributed by atoms with Gasteiger partial charge in [-0.05, 0) is 42.3 Å². The van der Waals surface area contributed by atoms with Gasteiger partial charge in [-0.3, -0.25) is 9.59 Å². The van der Waals surface area contributed by atoms with Crippen LogP contribution in [0.15, 0.2) is 46.9 Å². The summed E-state index contributed by atoms with van der Waals surface area (Å²) in [5.41, 5.74) is 1.51. The molecule has 0 aliphatic rings. The molecule has 6 nitrogen and oxygen atoms in total. The first-order chi connectivity index (χ1) is 12.0. The van der Waals surface area contributed by atoms with Crippen molar-refractivity contribution >= 4 is 33.4 Å². The van der Waals surface area contributed by atoms with Crippen LogP contribution in [0.5, 0.6) is 11.5 Å². The van der Waals surface area contributed by atoms with E-state index in [-0.39, 0.29) is 0 Å². The largest absolute Gasteiger partial charge is 0.493 e. The summed E-state index contributed by atoms with van der Waals surface area (Å²) >= 11 is 3.31. The Morgan fingerprint density at radius 2 is 1.76 bits per heavy atom. The molecule has 0 heterocycles.